The van der Waals surface area contributed by atoms with Crippen LogP contribution in [0.1, 0.15) is 20.8 Å². The van der Waals surface area contributed by atoms with Gasteiger partial charge in [-0.3, -0.25) is 5.43 Å². The summed E-state index contributed by atoms with van der Waals surface area (Å²) in [4.78, 5) is 12.1. The van der Waals surface area contributed by atoms with E-state index in [1.165, 1.54) is 23.2 Å². The monoisotopic (exact) mass is 377 g/mol. The Labute approximate surface area is 145 Å². The normalized spacial score (nSPS) is 17.9. The zero-order chi connectivity index (χ0) is 17.4. The van der Waals surface area contributed by atoms with Gasteiger partial charge in [-0.1, -0.05) is 43.1 Å². The molecule has 0 aromatic heterocycles. The molecular formula is C14H17Cl2N3O3S. The number of nitrogens with one attached hydrogen (secondary N) is 2. The number of carbonyl (C=O) groups excluding carboxylic acids is 1. The predicted octanol–water partition coefficient (Wildman–Crippen LogP) is 3.14. The van der Waals surface area contributed by atoms with Crippen molar-refractivity contribution in [2.45, 2.75) is 31.7 Å². The molecule has 23 heavy (non-hydrogen) atoms. The first-order chi connectivity index (χ1) is 10.6. The Bertz CT molecular complexity index is 742. The minimum Gasteiger partial charge on any atom is -0.299 e. The zero-order valence-electron chi connectivity index (χ0n) is 12.8. The van der Waals surface area contributed by atoms with Crippen molar-refractivity contribution in [1.82, 2.24) is 15.2 Å². The Morgan fingerprint density at radius 3 is 2.39 bits per heavy atom. The smallest absolute Gasteiger partial charge is 0.299 e. The maximum absolute atomic E-state index is 12.4. The zero-order valence-corrected chi connectivity index (χ0v) is 15.1. The minimum absolute atomic E-state index is 0.0538. The van der Waals surface area contributed by atoms with Gasteiger partial charge in [0.25, 0.3) is 10.0 Å². The van der Waals surface area contributed by atoms with Crippen molar-refractivity contribution in [3.63, 3.8) is 0 Å². The number of hydrazine groups is 1. The van der Waals surface area contributed by atoms with Gasteiger partial charge in [-0.15, -0.1) is 0 Å². The van der Waals surface area contributed by atoms with Gasteiger partial charge in [0.2, 0.25) is 0 Å². The molecule has 2 rings (SSSR count). The largest absolute Gasteiger partial charge is 0.350 e. The molecule has 0 radical (unpaired) electrons. The van der Waals surface area contributed by atoms with Gasteiger partial charge in [-0.25, -0.2) is 22.9 Å². The molecule has 2 amide bonds. The van der Waals surface area contributed by atoms with Crippen LogP contribution in [0, 0.1) is 5.92 Å². The van der Waals surface area contributed by atoms with E-state index in [-0.39, 0.29) is 26.9 Å². The number of hydrogen-bond acceptors (Lipinski definition) is 4. The highest BCUT2D eigenvalue weighted by atomic mass is 35.5. The van der Waals surface area contributed by atoms with Crippen molar-refractivity contribution in [3.8, 4) is 0 Å². The molecular weight excluding hydrogens is 361 g/mol. The van der Waals surface area contributed by atoms with Crippen LogP contribution < -0.4 is 10.1 Å². The number of sulfonamides is 1. The standard InChI is InChI=1S/C14H17Cl2N3O3S/c1-8(2)12-7-9(3)17-19(12)14(20)18-23(21,22)13-10(15)5-4-6-11(13)16/h4-8,12,17H,1-3H3,(H,18,20). The molecule has 0 fully saturated rings. The molecule has 1 aliphatic rings. The number of allylic oxidation sites excluding steroid dienone is 1. The molecule has 1 aliphatic heterocycles. The fourth-order valence-corrected chi connectivity index (χ4v) is 4.35. The highest BCUT2D eigenvalue weighted by Gasteiger charge is 2.33. The molecule has 0 bridgehead atoms. The highest BCUT2D eigenvalue weighted by Crippen LogP contribution is 2.29. The lowest BCUT2D eigenvalue weighted by atomic mass is 10.0. The quantitative estimate of drug-likeness (QED) is 0.847. The lowest BCUT2D eigenvalue weighted by molar-refractivity contribution is 0.164. The van der Waals surface area contributed by atoms with E-state index in [9.17, 15) is 13.2 Å². The van der Waals surface area contributed by atoms with Crippen LogP contribution in [0.3, 0.4) is 0 Å². The highest BCUT2D eigenvalue weighted by molar-refractivity contribution is 7.90. The fourth-order valence-electron chi connectivity index (χ4n) is 2.26. The van der Waals surface area contributed by atoms with Crippen molar-refractivity contribution in [1.29, 1.82) is 0 Å². The first-order valence-electron chi connectivity index (χ1n) is 6.88. The molecule has 1 unspecified atom stereocenters. The molecule has 0 spiro atoms. The van der Waals surface area contributed by atoms with Crippen LogP contribution in [-0.2, 0) is 10.0 Å². The lowest BCUT2D eigenvalue weighted by Gasteiger charge is -2.27. The van der Waals surface area contributed by atoms with Gasteiger partial charge in [0.05, 0.1) is 16.1 Å². The fraction of sp³-hybridized carbons (Fsp3) is 0.357. The van der Waals surface area contributed by atoms with E-state index in [0.29, 0.717) is 0 Å². The van der Waals surface area contributed by atoms with E-state index in [1.807, 2.05) is 24.6 Å². The molecule has 0 aliphatic carbocycles. The van der Waals surface area contributed by atoms with E-state index in [1.54, 1.807) is 6.92 Å². The maximum Gasteiger partial charge on any atom is 0.350 e. The Balaban J connectivity index is 2.26. The van der Waals surface area contributed by atoms with Crippen LogP contribution in [-0.4, -0.2) is 25.5 Å². The molecule has 0 saturated carbocycles. The van der Waals surface area contributed by atoms with Gasteiger partial charge in [-0.2, -0.15) is 0 Å². The molecule has 1 heterocycles. The van der Waals surface area contributed by atoms with E-state index in [0.717, 1.165) is 5.70 Å². The summed E-state index contributed by atoms with van der Waals surface area (Å²) in [6, 6.07) is 3.25. The molecule has 1 aromatic rings. The summed E-state index contributed by atoms with van der Waals surface area (Å²) in [5.41, 5.74) is 3.61. The number of carbonyl (C=O) groups is 1. The van der Waals surface area contributed by atoms with E-state index < -0.39 is 16.1 Å². The Kier molecular flexibility index (Phi) is 5.13. The van der Waals surface area contributed by atoms with Crippen LogP contribution in [0.15, 0.2) is 34.9 Å². The Morgan fingerprint density at radius 2 is 1.87 bits per heavy atom. The van der Waals surface area contributed by atoms with Crippen molar-refractivity contribution >= 4 is 39.3 Å². The van der Waals surface area contributed by atoms with Crippen LogP contribution in [0.2, 0.25) is 10.0 Å². The molecule has 126 valence electrons. The molecule has 2 N–H and O–H groups in total. The van der Waals surface area contributed by atoms with E-state index in [2.05, 4.69) is 5.43 Å². The SMILES string of the molecule is CC1=CC(C(C)C)N(C(=O)NS(=O)(=O)c2c(Cl)cccc2Cl)N1. The number of nitrogens with zero attached hydrogens (tertiary/aromatic N) is 1. The lowest BCUT2D eigenvalue weighted by Crippen LogP contribution is -2.51. The summed E-state index contributed by atoms with van der Waals surface area (Å²) >= 11 is 11.8. The summed E-state index contributed by atoms with van der Waals surface area (Å²) < 4.78 is 26.8. The number of rotatable bonds is 3. The maximum atomic E-state index is 12.4. The summed E-state index contributed by atoms with van der Waals surface area (Å²) in [6.45, 7) is 5.66. The summed E-state index contributed by atoms with van der Waals surface area (Å²) in [5, 5.41) is 1.13. The van der Waals surface area contributed by atoms with Crippen LogP contribution in [0.4, 0.5) is 4.79 Å². The second-order valence-corrected chi connectivity index (χ2v) is 7.96. The van der Waals surface area contributed by atoms with Gasteiger partial charge in [0, 0.05) is 5.70 Å². The number of halogens is 2. The van der Waals surface area contributed by atoms with Crippen molar-refractivity contribution in [2.24, 2.45) is 5.92 Å². The molecule has 1 aromatic carbocycles. The summed E-state index contributed by atoms with van der Waals surface area (Å²) in [5.74, 6) is 0.109. The average molecular weight is 378 g/mol. The Hall–Kier alpha value is -1.44. The number of benzene rings is 1. The van der Waals surface area contributed by atoms with Gasteiger partial charge in [0.15, 0.2) is 0 Å². The topological polar surface area (TPSA) is 78.5 Å². The van der Waals surface area contributed by atoms with Crippen LogP contribution in [0.25, 0.3) is 0 Å². The molecule has 9 heteroatoms. The summed E-state index contributed by atoms with van der Waals surface area (Å²) in [6.07, 6.45) is 1.86. The third-order valence-corrected chi connectivity index (χ3v) is 5.60. The van der Waals surface area contributed by atoms with Crippen molar-refractivity contribution in [3.05, 3.63) is 40.0 Å². The molecule has 6 nitrogen and oxygen atoms in total. The van der Waals surface area contributed by atoms with Crippen molar-refractivity contribution in [2.75, 3.05) is 0 Å². The second kappa shape index (κ2) is 6.59. The Morgan fingerprint density at radius 1 is 1.30 bits per heavy atom. The van der Waals surface area contributed by atoms with Crippen LogP contribution in [0.5, 0.6) is 0 Å². The third-order valence-electron chi connectivity index (χ3n) is 3.33. The van der Waals surface area contributed by atoms with Gasteiger partial charge < -0.3 is 0 Å². The summed E-state index contributed by atoms with van der Waals surface area (Å²) in [7, 11) is -4.19. The van der Waals surface area contributed by atoms with Gasteiger partial charge >= 0.3 is 6.03 Å². The number of hydrogen-bond donors (Lipinski definition) is 2. The first kappa shape index (κ1) is 17.9. The second-order valence-electron chi connectivity index (χ2n) is 5.53. The first-order valence-corrected chi connectivity index (χ1v) is 9.12. The van der Waals surface area contributed by atoms with Gasteiger partial charge in [-0.05, 0) is 31.1 Å². The van der Waals surface area contributed by atoms with E-state index in [4.69, 9.17) is 23.2 Å². The average Bonchev–Trinajstić information content (AvgIpc) is 2.80. The molecule has 0 saturated heterocycles. The van der Waals surface area contributed by atoms with E-state index >= 15 is 0 Å². The molecule has 1 atom stereocenters. The predicted molar refractivity (Wildman–Crippen MR) is 89.5 cm³/mol. The number of urea groups is 1. The van der Waals surface area contributed by atoms with Crippen LogP contribution >= 0.6 is 23.2 Å². The van der Waals surface area contributed by atoms with Gasteiger partial charge in [0.1, 0.15) is 4.90 Å². The number of amides is 2. The minimum atomic E-state index is -4.19. The van der Waals surface area contributed by atoms with Crippen molar-refractivity contribution < 1.29 is 13.2 Å². The third kappa shape index (κ3) is 3.73.